The fourth-order valence-corrected chi connectivity index (χ4v) is 4.75. The monoisotopic (exact) mass is 499 g/mol. The summed E-state index contributed by atoms with van der Waals surface area (Å²) in [7, 11) is 0. The molecule has 32 heavy (non-hydrogen) atoms. The van der Waals surface area contributed by atoms with Crippen LogP contribution in [0, 0.1) is 23.2 Å². The van der Waals surface area contributed by atoms with Gasteiger partial charge in [0.1, 0.15) is 11.7 Å². The number of hydrogen-bond acceptors (Lipinski definition) is 7. The Labute approximate surface area is 192 Å². The van der Waals surface area contributed by atoms with Gasteiger partial charge in [-0.25, -0.2) is 0 Å². The van der Waals surface area contributed by atoms with Crippen molar-refractivity contribution in [3.8, 4) is 6.07 Å². The maximum Gasteiger partial charge on any atom is 0.310 e. The third-order valence-corrected chi connectivity index (χ3v) is 6.29. The highest BCUT2D eigenvalue weighted by Gasteiger charge is 2.40. The first-order chi connectivity index (χ1) is 15.4. The number of hydrogen-bond donors (Lipinski definition) is 2. The average molecular weight is 500 g/mol. The largest absolute Gasteiger partial charge is 0.466 e. The van der Waals surface area contributed by atoms with Crippen LogP contribution in [0.3, 0.4) is 0 Å². The molecule has 3 unspecified atom stereocenters. The van der Waals surface area contributed by atoms with Gasteiger partial charge in [-0.1, -0.05) is 28.1 Å². The number of benzene rings is 1. The van der Waals surface area contributed by atoms with Gasteiger partial charge in [-0.3, -0.25) is 19.4 Å². The number of ether oxygens (including phenoxy) is 1. The number of halogens is 1. The van der Waals surface area contributed by atoms with E-state index in [0.717, 1.165) is 10.9 Å². The molecule has 2 N–H and O–H groups in total. The first kappa shape index (κ1) is 22.0. The number of aromatic nitrogens is 2. The van der Waals surface area contributed by atoms with Gasteiger partial charge in [-0.15, -0.1) is 0 Å². The standard InChI is InChI=1S/C22H22BrN5O4/c1-2-32-21(31)13-6-4-8-28(11-13)22-26-18-17(20(30)27-22)16(15(10-24)19(29)25-18)12-5-3-7-14(23)9-12/h3,5,7,9,13,15-16H,2,4,6,8,11H2,1H3,(H2,25,26,27,29,30). The summed E-state index contributed by atoms with van der Waals surface area (Å²) in [6, 6.07) is 9.22. The lowest BCUT2D eigenvalue weighted by Gasteiger charge is -2.33. The second kappa shape index (κ2) is 9.12. The van der Waals surface area contributed by atoms with Crippen molar-refractivity contribution < 1.29 is 14.3 Å². The summed E-state index contributed by atoms with van der Waals surface area (Å²) in [6.45, 7) is 3.05. The molecule has 0 aliphatic carbocycles. The molecule has 3 atom stereocenters. The number of esters is 1. The summed E-state index contributed by atoms with van der Waals surface area (Å²) in [5.41, 5.74) is 0.493. The summed E-state index contributed by atoms with van der Waals surface area (Å²) in [4.78, 5) is 47.2. The number of carbonyl (C=O) groups is 2. The molecule has 2 aromatic rings. The molecule has 0 bridgehead atoms. The smallest absolute Gasteiger partial charge is 0.310 e. The van der Waals surface area contributed by atoms with Crippen LogP contribution in [0.15, 0.2) is 33.5 Å². The molecule has 4 rings (SSSR count). The minimum atomic E-state index is -1.06. The second-order valence-corrected chi connectivity index (χ2v) is 8.73. The molecule has 1 aromatic heterocycles. The molecule has 2 aliphatic heterocycles. The van der Waals surface area contributed by atoms with E-state index in [-0.39, 0.29) is 29.2 Å². The Morgan fingerprint density at radius 2 is 2.22 bits per heavy atom. The lowest BCUT2D eigenvalue weighted by molar-refractivity contribution is -0.148. The van der Waals surface area contributed by atoms with Gasteiger partial charge in [0.15, 0.2) is 0 Å². The molecule has 10 heteroatoms. The molecule has 166 valence electrons. The number of piperidine rings is 1. The highest BCUT2D eigenvalue weighted by molar-refractivity contribution is 9.10. The highest BCUT2D eigenvalue weighted by atomic mass is 79.9. The van der Waals surface area contributed by atoms with E-state index in [1.807, 2.05) is 17.0 Å². The number of anilines is 2. The van der Waals surface area contributed by atoms with Crippen LogP contribution >= 0.6 is 15.9 Å². The van der Waals surface area contributed by atoms with E-state index in [0.29, 0.717) is 31.7 Å². The van der Waals surface area contributed by atoms with Crippen LogP contribution in [0.4, 0.5) is 11.8 Å². The second-order valence-electron chi connectivity index (χ2n) is 7.82. The van der Waals surface area contributed by atoms with Gasteiger partial charge < -0.3 is 15.0 Å². The summed E-state index contributed by atoms with van der Waals surface area (Å²) in [5.74, 6) is -2.46. The van der Waals surface area contributed by atoms with Crippen molar-refractivity contribution in [2.24, 2.45) is 11.8 Å². The predicted octanol–water partition coefficient (Wildman–Crippen LogP) is 2.54. The van der Waals surface area contributed by atoms with Crippen LogP contribution in [-0.4, -0.2) is 41.5 Å². The summed E-state index contributed by atoms with van der Waals surface area (Å²) in [5, 5.41) is 12.3. The van der Waals surface area contributed by atoms with Crippen molar-refractivity contribution in [3.63, 3.8) is 0 Å². The average Bonchev–Trinajstić information content (AvgIpc) is 2.78. The van der Waals surface area contributed by atoms with Gasteiger partial charge in [0.05, 0.1) is 24.2 Å². The van der Waals surface area contributed by atoms with Crippen LogP contribution in [0.2, 0.25) is 0 Å². The fourth-order valence-electron chi connectivity index (χ4n) is 4.33. The van der Waals surface area contributed by atoms with Crippen LogP contribution in [-0.2, 0) is 14.3 Å². The number of fused-ring (bicyclic) bond motifs is 1. The van der Waals surface area contributed by atoms with E-state index in [4.69, 9.17) is 4.74 Å². The number of nitriles is 1. The fraction of sp³-hybridized carbons (Fsp3) is 0.409. The van der Waals surface area contributed by atoms with Crippen molar-refractivity contribution in [1.29, 1.82) is 5.26 Å². The van der Waals surface area contributed by atoms with Gasteiger partial charge in [0, 0.05) is 23.5 Å². The van der Waals surface area contributed by atoms with E-state index in [2.05, 4.69) is 31.2 Å². The minimum absolute atomic E-state index is 0.142. The number of amides is 1. The molecule has 0 spiro atoms. The van der Waals surface area contributed by atoms with Gasteiger partial charge in [0.25, 0.3) is 5.56 Å². The molecule has 1 saturated heterocycles. The van der Waals surface area contributed by atoms with Gasteiger partial charge in [-0.2, -0.15) is 10.2 Å². The van der Waals surface area contributed by atoms with Crippen molar-refractivity contribution in [2.45, 2.75) is 25.7 Å². The topological polar surface area (TPSA) is 128 Å². The summed E-state index contributed by atoms with van der Waals surface area (Å²) in [6.07, 6.45) is 1.45. The third-order valence-electron chi connectivity index (χ3n) is 5.80. The molecule has 2 aliphatic rings. The number of nitrogens with one attached hydrogen (secondary N) is 2. The Morgan fingerprint density at radius 1 is 1.41 bits per heavy atom. The molecular formula is C22H22BrN5O4. The first-order valence-corrected chi connectivity index (χ1v) is 11.2. The number of H-pyrrole nitrogens is 1. The number of rotatable bonds is 4. The van der Waals surface area contributed by atoms with E-state index in [1.165, 1.54) is 0 Å². The molecule has 1 fully saturated rings. The van der Waals surface area contributed by atoms with Gasteiger partial charge >= 0.3 is 5.97 Å². The zero-order chi connectivity index (χ0) is 22.8. The maximum absolute atomic E-state index is 13.2. The lowest BCUT2D eigenvalue weighted by Crippen LogP contribution is -2.43. The van der Waals surface area contributed by atoms with Gasteiger partial charge in [0.2, 0.25) is 11.9 Å². The summed E-state index contributed by atoms with van der Waals surface area (Å²) >= 11 is 3.41. The van der Waals surface area contributed by atoms with Crippen molar-refractivity contribution in [1.82, 2.24) is 9.97 Å². The molecule has 0 saturated carbocycles. The Kier molecular flexibility index (Phi) is 6.28. The van der Waals surface area contributed by atoms with Crippen LogP contribution in [0.1, 0.15) is 36.8 Å². The SMILES string of the molecule is CCOC(=O)C1CCCN(c2nc3c(c(=O)[nH]2)C(c2cccc(Br)c2)C(C#N)C(=O)N3)C1. The molecule has 3 heterocycles. The Hall–Kier alpha value is -3.19. The Balaban J connectivity index is 1.73. The predicted molar refractivity (Wildman–Crippen MR) is 120 cm³/mol. The van der Waals surface area contributed by atoms with Crippen molar-refractivity contribution in [2.75, 3.05) is 29.9 Å². The van der Waals surface area contributed by atoms with E-state index < -0.39 is 23.3 Å². The van der Waals surface area contributed by atoms with Crippen LogP contribution < -0.4 is 15.8 Å². The minimum Gasteiger partial charge on any atom is -0.466 e. The van der Waals surface area contributed by atoms with E-state index >= 15 is 0 Å². The summed E-state index contributed by atoms with van der Waals surface area (Å²) < 4.78 is 5.92. The zero-order valence-electron chi connectivity index (χ0n) is 17.4. The number of carbonyl (C=O) groups excluding carboxylic acids is 2. The molecule has 9 nitrogen and oxygen atoms in total. The van der Waals surface area contributed by atoms with Crippen LogP contribution in [0.25, 0.3) is 0 Å². The number of nitrogens with zero attached hydrogens (tertiary/aromatic N) is 3. The quantitative estimate of drug-likeness (QED) is 0.618. The van der Waals surface area contributed by atoms with Crippen molar-refractivity contribution in [3.05, 3.63) is 50.2 Å². The Bertz CT molecular complexity index is 1160. The normalized spacial score (nSPS) is 22.5. The van der Waals surface area contributed by atoms with E-state index in [1.54, 1.807) is 25.1 Å². The number of aromatic amines is 1. The molecular weight excluding hydrogens is 478 g/mol. The third kappa shape index (κ3) is 4.12. The molecule has 1 amide bonds. The zero-order valence-corrected chi connectivity index (χ0v) is 19.0. The first-order valence-electron chi connectivity index (χ1n) is 10.4. The molecule has 0 radical (unpaired) electrons. The maximum atomic E-state index is 13.2. The van der Waals surface area contributed by atoms with Crippen molar-refractivity contribution >= 4 is 39.6 Å². The molecule has 1 aromatic carbocycles. The highest BCUT2D eigenvalue weighted by Crippen LogP contribution is 2.39. The van der Waals surface area contributed by atoms with Gasteiger partial charge in [-0.05, 0) is 37.5 Å². The lowest BCUT2D eigenvalue weighted by atomic mass is 9.79. The Morgan fingerprint density at radius 3 is 2.94 bits per heavy atom. The van der Waals surface area contributed by atoms with Crippen LogP contribution in [0.5, 0.6) is 0 Å². The van der Waals surface area contributed by atoms with E-state index in [9.17, 15) is 19.6 Å².